The van der Waals surface area contributed by atoms with Crippen LogP contribution in [0.25, 0.3) is 10.8 Å². The third-order valence-corrected chi connectivity index (χ3v) is 6.18. The molecule has 2 aromatic carbocycles. The molecule has 7 heteroatoms. The molecule has 0 radical (unpaired) electrons. The van der Waals surface area contributed by atoms with Crippen LogP contribution in [-0.4, -0.2) is 25.5 Å². The number of nitrogens with zero attached hydrogens (tertiary/aromatic N) is 1. The molecule has 150 valence electrons. The van der Waals surface area contributed by atoms with Crippen LogP contribution < -0.4 is 10.5 Å². The fourth-order valence-corrected chi connectivity index (χ4v) is 4.42. The van der Waals surface area contributed by atoms with Gasteiger partial charge in [-0.3, -0.25) is 4.98 Å². The van der Waals surface area contributed by atoms with Crippen molar-refractivity contribution in [2.75, 3.05) is 0 Å². The molecule has 2 atom stereocenters. The number of sulfonamides is 1. The highest BCUT2D eigenvalue weighted by Crippen LogP contribution is 2.19. The molecule has 0 bridgehead atoms. The van der Waals surface area contributed by atoms with Gasteiger partial charge in [0.2, 0.25) is 10.0 Å². The van der Waals surface area contributed by atoms with E-state index in [-0.39, 0.29) is 29.4 Å². The maximum atomic E-state index is 12.7. The smallest absolute Gasteiger partial charge is 0.240 e. The Balaban J connectivity index is 0.00000280. The average Bonchev–Trinajstić information content (AvgIpc) is 2.66. The van der Waals surface area contributed by atoms with Crippen molar-refractivity contribution in [1.82, 2.24) is 9.71 Å². The lowest BCUT2D eigenvalue weighted by atomic mass is 10.0. The molecule has 0 aliphatic heterocycles. The van der Waals surface area contributed by atoms with E-state index in [2.05, 4.69) is 21.8 Å². The maximum absolute atomic E-state index is 12.7. The molecule has 0 spiro atoms. The number of halogens is 1. The van der Waals surface area contributed by atoms with E-state index in [0.29, 0.717) is 6.42 Å². The van der Waals surface area contributed by atoms with E-state index in [1.54, 1.807) is 36.7 Å². The molecule has 1 unspecified atom stereocenters. The van der Waals surface area contributed by atoms with Crippen LogP contribution in [0.15, 0.2) is 71.9 Å². The number of rotatable bonds is 8. The van der Waals surface area contributed by atoms with E-state index in [0.717, 1.165) is 23.6 Å². The van der Waals surface area contributed by atoms with Crippen LogP contribution in [0.1, 0.15) is 25.3 Å². The quantitative estimate of drug-likeness (QED) is 0.583. The molecule has 0 saturated carbocycles. The summed E-state index contributed by atoms with van der Waals surface area (Å²) in [5, 5.41) is 1.77. The number of fused-ring (bicyclic) bond motifs is 1. The normalized spacial score (nSPS) is 13.6. The lowest BCUT2D eigenvalue weighted by Gasteiger charge is -2.17. The van der Waals surface area contributed by atoms with Crippen molar-refractivity contribution in [3.63, 3.8) is 0 Å². The molecular weight excluding hydrogens is 394 g/mol. The second-order valence-electron chi connectivity index (χ2n) is 6.93. The van der Waals surface area contributed by atoms with E-state index in [9.17, 15) is 8.42 Å². The molecule has 0 aliphatic rings. The summed E-state index contributed by atoms with van der Waals surface area (Å²) < 4.78 is 28.1. The average molecular weight is 420 g/mol. The highest BCUT2D eigenvalue weighted by atomic mass is 35.5. The Bertz CT molecular complexity index is 997. The Morgan fingerprint density at radius 3 is 2.54 bits per heavy atom. The van der Waals surface area contributed by atoms with E-state index in [4.69, 9.17) is 5.73 Å². The van der Waals surface area contributed by atoms with Gasteiger partial charge in [-0.15, -0.1) is 12.4 Å². The molecule has 5 nitrogen and oxygen atoms in total. The molecule has 1 heterocycles. The zero-order valence-corrected chi connectivity index (χ0v) is 17.4. The van der Waals surface area contributed by atoms with Gasteiger partial charge in [-0.1, -0.05) is 36.4 Å². The van der Waals surface area contributed by atoms with Crippen molar-refractivity contribution in [3.05, 3.63) is 72.6 Å². The van der Waals surface area contributed by atoms with Crippen LogP contribution in [-0.2, 0) is 16.4 Å². The summed E-state index contributed by atoms with van der Waals surface area (Å²) in [7, 11) is -3.57. The van der Waals surface area contributed by atoms with E-state index >= 15 is 0 Å². The molecule has 3 N–H and O–H groups in total. The summed E-state index contributed by atoms with van der Waals surface area (Å²) in [6, 6.07) is 16.8. The fraction of sp³-hybridized carbons (Fsp3) is 0.286. The zero-order valence-electron chi connectivity index (χ0n) is 15.8. The lowest BCUT2D eigenvalue weighted by molar-refractivity contribution is 0.501. The Hall–Kier alpha value is -1.99. The van der Waals surface area contributed by atoms with Gasteiger partial charge < -0.3 is 5.73 Å². The molecular formula is C21H26ClN3O2S. The van der Waals surface area contributed by atoms with Crippen molar-refractivity contribution >= 4 is 33.2 Å². The minimum atomic E-state index is -3.57. The maximum Gasteiger partial charge on any atom is 0.240 e. The molecule has 0 saturated heterocycles. The highest BCUT2D eigenvalue weighted by Gasteiger charge is 2.18. The van der Waals surface area contributed by atoms with Crippen LogP contribution >= 0.6 is 12.4 Å². The molecule has 3 rings (SSSR count). The third-order valence-electron chi connectivity index (χ3n) is 4.59. The molecule has 3 aromatic rings. The largest absolute Gasteiger partial charge is 0.327 e. The first-order valence-corrected chi connectivity index (χ1v) is 10.6. The molecule has 28 heavy (non-hydrogen) atoms. The van der Waals surface area contributed by atoms with Crippen LogP contribution in [0.4, 0.5) is 0 Å². The number of hydrogen-bond acceptors (Lipinski definition) is 4. The van der Waals surface area contributed by atoms with Gasteiger partial charge in [0.15, 0.2) is 0 Å². The Morgan fingerprint density at radius 2 is 1.79 bits per heavy atom. The van der Waals surface area contributed by atoms with Gasteiger partial charge in [0, 0.05) is 29.9 Å². The standard InChI is InChI=1S/C21H25N3O2S.ClH/c1-16(7-9-20(22)13-17-5-3-2-4-6-17)24-27(25,26)21-10-8-19-15-23-12-11-18(19)14-21;/h2-6,8,10-12,14-16,20,24H,7,9,13,22H2,1H3;1H/t16-,20?;/m1./s1. The minimum Gasteiger partial charge on any atom is -0.327 e. The summed E-state index contributed by atoms with van der Waals surface area (Å²) in [4.78, 5) is 4.31. The van der Waals surface area contributed by atoms with Gasteiger partial charge in [-0.2, -0.15) is 0 Å². The topological polar surface area (TPSA) is 85.1 Å². The van der Waals surface area contributed by atoms with Crippen LogP contribution in [0.5, 0.6) is 0 Å². The number of benzene rings is 2. The van der Waals surface area contributed by atoms with Crippen molar-refractivity contribution in [3.8, 4) is 0 Å². The first-order chi connectivity index (χ1) is 12.9. The number of nitrogens with one attached hydrogen (secondary N) is 1. The summed E-state index contributed by atoms with van der Waals surface area (Å²) >= 11 is 0. The van der Waals surface area contributed by atoms with Gasteiger partial charge >= 0.3 is 0 Å². The van der Waals surface area contributed by atoms with Crippen LogP contribution in [0, 0.1) is 0 Å². The summed E-state index contributed by atoms with van der Waals surface area (Å²) in [5.41, 5.74) is 7.41. The van der Waals surface area contributed by atoms with Gasteiger partial charge in [0.25, 0.3) is 0 Å². The summed E-state index contributed by atoms with van der Waals surface area (Å²) in [6.45, 7) is 1.87. The first-order valence-electron chi connectivity index (χ1n) is 9.10. The van der Waals surface area contributed by atoms with Crippen LogP contribution in [0.2, 0.25) is 0 Å². The predicted molar refractivity (Wildman–Crippen MR) is 116 cm³/mol. The van der Waals surface area contributed by atoms with Gasteiger partial charge in [-0.25, -0.2) is 13.1 Å². The van der Waals surface area contributed by atoms with Crippen molar-refractivity contribution in [1.29, 1.82) is 0 Å². The van der Waals surface area contributed by atoms with Gasteiger partial charge in [0.05, 0.1) is 4.90 Å². The molecule has 1 aromatic heterocycles. The first kappa shape index (κ1) is 22.3. The monoisotopic (exact) mass is 419 g/mol. The number of nitrogens with two attached hydrogens (primary N) is 1. The third kappa shape index (κ3) is 6.01. The van der Waals surface area contributed by atoms with Gasteiger partial charge in [0.1, 0.15) is 0 Å². The number of hydrogen-bond donors (Lipinski definition) is 2. The number of aromatic nitrogens is 1. The second kappa shape index (κ2) is 9.98. The summed E-state index contributed by atoms with van der Waals surface area (Å²) in [6.07, 6.45) is 5.60. The van der Waals surface area contributed by atoms with E-state index in [1.807, 2.05) is 25.1 Å². The van der Waals surface area contributed by atoms with Crippen LogP contribution in [0.3, 0.4) is 0 Å². The van der Waals surface area contributed by atoms with E-state index in [1.165, 1.54) is 5.56 Å². The predicted octanol–water partition coefficient (Wildman–Crippen LogP) is 3.67. The van der Waals surface area contributed by atoms with E-state index < -0.39 is 10.0 Å². The highest BCUT2D eigenvalue weighted by molar-refractivity contribution is 7.89. The lowest BCUT2D eigenvalue weighted by Crippen LogP contribution is -2.34. The fourth-order valence-electron chi connectivity index (χ4n) is 3.10. The van der Waals surface area contributed by atoms with Crippen molar-refractivity contribution in [2.45, 2.75) is 43.2 Å². The zero-order chi connectivity index (χ0) is 19.3. The van der Waals surface area contributed by atoms with Crippen molar-refractivity contribution < 1.29 is 8.42 Å². The molecule has 0 amide bonds. The number of pyridine rings is 1. The van der Waals surface area contributed by atoms with Crippen molar-refractivity contribution in [2.24, 2.45) is 5.73 Å². The molecule has 0 fully saturated rings. The Kier molecular flexibility index (Phi) is 7.95. The Labute approximate surface area is 172 Å². The van der Waals surface area contributed by atoms with Gasteiger partial charge in [-0.05, 0) is 55.3 Å². The second-order valence-corrected chi connectivity index (χ2v) is 8.65. The Morgan fingerprint density at radius 1 is 1.04 bits per heavy atom. The SMILES string of the molecule is C[C@H](CCC(N)Cc1ccccc1)NS(=O)(=O)c1ccc2cnccc2c1.Cl. The summed E-state index contributed by atoms with van der Waals surface area (Å²) in [5.74, 6) is 0. The molecule has 0 aliphatic carbocycles. The minimum absolute atomic E-state index is 0.